The minimum absolute atomic E-state index is 0.312. The second-order valence-electron chi connectivity index (χ2n) is 3.41. The summed E-state index contributed by atoms with van der Waals surface area (Å²) in [7, 11) is 0. The first-order valence-corrected chi connectivity index (χ1v) is 5.26. The van der Waals surface area contributed by atoms with Crippen LogP contribution in [0.5, 0.6) is 0 Å². The Morgan fingerprint density at radius 2 is 2.12 bits per heavy atom. The van der Waals surface area contributed by atoms with E-state index in [2.05, 4.69) is 20.9 Å². The van der Waals surface area contributed by atoms with Gasteiger partial charge in [0, 0.05) is 4.47 Å². The number of benzene rings is 1. The quantitative estimate of drug-likeness (QED) is 0.645. The molecule has 0 fully saturated rings. The lowest BCUT2D eigenvalue weighted by molar-refractivity contribution is -0.386. The van der Waals surface area contributed by atoms with Crippen molar-refractivity contribution in [1.29, 1.82) is 0 Å². The smallest absolute Gasteiger partial charge is 0.332 e. The van der Waals surface area contributed by atoms with Crippen LogP contribution in [0.1, 0.15) is 5.56 Å². The molecule has 2 aromatic rings. The first-order chi connectivity index (χ1) is 7.50. The van der Waals surface area contributed by atoms with Crippen molar-refractivity contribution in [3.63, 3.8) is 0 Å². The van der Waals surface area contributed by atoms with Crippen molar-refractivity contribution in [3.8, 4) is 0 Å². The van der Waals surface area contributed by atoms with Crippen molar-refractivity contribution in [2.75, 3.05) is 0 Å². The molecule has 1 aromatic heterocycles. The molecule has 6 heteroatoms. The van der Waals surface area contributed by atoms with Crippen LogP contribution >= 0.6 is 15.9 Å². The molecule has 5 nitrogen and oxygen atoms in total. The highest BCUT2D eigenvalue weighted by atomic mass is 79.9. The molecule has 0 unspecified atom stereocenters. The van der Waals surface area contributed by atoms with Gasteiger partial charge in [-0.2, -0.15) is 0 Å². The Morgan fingerprint density at radius 3 is 2.75 bits per heavy atom. The van der Waals surface area contributed by atoms with Gasteiger partial charge in [0.05, 0.1) is 22.0 Å². The van der Waals surface area contributed by atoms with E-state index in [0.29, 0.717) is 10.9 Å². The van der Waals surface area contributed by atoms with Crippen LogP contribution in [0.3, 0.4) is 0 Å². The fourth-order valence-electron chi connectivity index (χ4n) is 1.47. The van der Waals surface area contributed by atoms with Crippen molar-refractivity contribution in [1.82, 2.24) is 4.98 Å². The number of pyridine rings is 1. The minimum atomic E-state index is -0.688. The predicted molar refractivity (Wildman–Crippen MR) is 63.7 cm³/mol. The van der Waals surface area contributed by atoms with Crippen LogP contribution in [-0.2, 0) is 0 Å². The van der Waals surface area contributed by atoms with E-state index in [-0.39, 0.29) is 0 Å². The van der Waals surface area contributed by atoms with Gasteiger partial charge < -0.3 is 4.98 Å². The van der Waals surface area contributed by atoms with Crippen LogP contribution < -0.4 is 5.43 Å². The molecule has 16 heavy (non-hydrogen) atoms. The summed E-state index contributed by atoms with van der Waals surface area (Å²) in [5.74, 6) is 0. The molecule has 0 amide bonds. The van der Waals surface area contributed by atoms with E-state index in [1.807, 2.05) is 6.92 Å². The van der Waals surface area contributed by atoms with Crippen LogP contribution in [0, 0.1) is 17.0 Å². The first kappa shape index (κ1) is 10.8. The monoisotopic (exact) mass is 282 g/mol. The fourth-order valence-corrected chi connectivity index (χ4v) is 1.82. The van der Waals surface area contributed by atoms with Gasteiger partial charge in [0.15, 0.2) is 0 Å². The maximum atomic E-state index is 11.8. The molecule has 1 N–H and O–H groups in total. The maximum absolute atomic E-state index is 11.8. The van der Waals surface area contributed by atoms with Crippen LogP contribution in [0.15, 0.2) is 27.6 Å². The van der Waals surface area contributed by atoms with Gasteiger partial charge in [0.25, 0.3) is 5.43 Å². The Labute approximate surface area is 98.4 Å². The Balaban J connectivity index is 2.90. The zero-order valence-corrected chi connectivity index (χ0v) is 9.87. The van der Waals surface area contributed by atoms with Gasteiger partial charge in [0.2, 0.25) is 0 Å². The third kappa shape index (κ3) is 1.61. The molecule has 2 rings (SSSR count). The summed E-state index contributed by atoms with van der Waals surface area (Å²) >= 11 is 3.29. The number of fused-ring (bicyclic) bond motifs is 1. The summed E-state index contributed by atoms with van der Waals surface area (Å²) in [5, 5.41) is 10.9. The summed E-state index contributed by atoms with van der Waals surface area (Å²) in [6.07, 6.45) is 1.12. The number of H-pyrrole nitrogens is 1. The molecule has 1 aromatic carbocycles. The van der Waals surface area contributed by atoms with E-state index in [1.165, 1.54) is 0 Å². The lowest BCUT2D eigenvalue weighted by Crippen LogP contribution is -2.09. The summed E-state index contributed by atoms with van der Waals surface area (Å²) in [6.45, 7) is 1.88. The highest BCUT2D eigenvalue weighted by molar-refractivity contribution is 9.10. The van der Waals surface area contributed by atoms with E-state index < -0.39 is 16.0 Å². The Hall–Kier alpha value is -1.69. The van der Waals surface area contributed by atoms with Gasteiger partial charge >= 0.3 is 5.69 Å². The predicted octanol–water partition coefficient (Wildman–Crippen LogP) is 2.51. The molecule has 0 saturated carbocycles. The Kier molecular flexibility index (Phi) is 2.51. The molecule has 0 bridgehead atoms. The van der Waals surface area contributed by atoms with Crippen LogP contribution in [0.25, 0.3) is 10.9 Å². The van der Waals surface area contributed by atoms with Crippen molar-refractivity contribution >= 4 is 32.5 Å². The Bertz CT molecular complexity index is 648. The Morgan fingerprint density at radius 1 is 1.44 bits per heavy atom. The van der Waals surface area contributed by atoms with Gasteiger partial charge in [-0.3, -0.25) is 14.9 Å². The molecule has 0 saturated heterocycles. The van der Waals surface area contributed by atoms with Gasteiger partial charge in [0.1, 0.15) is 0 Å². The summed E-state index contributed by atoms with van der Waals surface area (Å²) in [5.41, 5.74) is 0.538. The maximum Gasteiger partial charge on any atom is 0.332 e. The van der Waals surface area contributed by atoms with E-state index in [4.69, 9.17) is 0 Å². The standard InChI is InChI=1S/C10H7BrN2O3/c1-5-2-8-6(3-7(5)11)10(14)9(4-12-8)13(15)16/h2-4H,1H3,(H,12,14). The van der Waals surface area contributed by atoms with Gasteiger partial charge in [-0.15, -0.1) is 0 Å². The number of nitrogens with zero attached hydrogens (tertiary/aromatic N) is 1. The fraction of sp³-hybridized carbons (Fsp3) is 0.100. The largest absolute Gasteiger partial charge is 0.355 e. The summed E-state index contributed by atoms with van der Waals surface area (Å²) in [4.78, 5) is 24.4. The minimum Gasteiger partial charge on any atom is -0.355 e. The molecule has 0 spiro atoms. The summed E-state index contributed by atoms with van der Waals surface area (Å²) in [6, 6.07) is 3.36. The van der Waals surface area contributed by atoms with E-state index in [1.54, 1.807) is 12.1 Å². The van der Waals surface area contributed by atoms with E-state index in [0.717, 1.165) is 16.2 Å². The molecule has 0 aliphatic rings. The third-order valence-electron chi connectivity index (χ3n) is 2.34. The molecule has 82 valence electrons. The molecule has 0 radical (unpaired) electrons. The molecule has 1 heterocycles. The van der Waals surface area contributed by atoms with Crippen molar-refractivity contribution < 1.29 is 4.92 Å². The molecule has 0 aliphatic carbocycles. The van der Waals surface area contributed by atoms with E-state index >= 15 is 0 Å². The number of nitrogens with one attached hydrogen (secondary N) is 1. The number of halogens is 1. The van der Waals surface area contributed by atoms with Crippen LogP contribution in [-0.4, -0.2) is 9.91 Å². The zero-order valence-electron chi connectivity index (χ0n) is 8.28. The molecular formula is C10H7BrN2O3. The number of rotatable bonds is 1. The average molecular weight is 283 g/mol. The number of aromatic amines is 1. The highest BCUT2D eigenvalue weighted by Crippen LogP contribution is 2.21. The van der Waals surface area contributed by atoms with Gasteiger partial charge in [-0.25, -0.2) is 0 Å². The molecular weight excluding hydrogens is 276 g/mol. The number of hydrogen-bond acceptors (Lipinski definition) is 3. The van der Waals surface area contributed by atoms with Crippen molar-refractivity contribution in [2.45, 2.75) is 6.92 Å². The number of aromatic nitrogens is 1. The zero-order chi connectivity index (χ0) is 11.9. The normalized spacial score (nSPS) is 10.6. The molecule has 0 atom stereocenters. The van der Waals surface area contributed by atoms with Crippen LogP contribution in [0.2, 0.25) is 0 Å². The van der Waals surface area contributed by atoms with Gasteiger partial charge in [-0.1, -0.05) is 15.9 Å². The average Bonchev–Trinajstić information content (AvgIpc) is 2.21. The van der Waals surface area contributed by atoms with Crippen molar-refractivity contribution in [3.05, 3.63) is 48.7 Å². The topological polar surface area (TPSA) is 76.0 Å². The first-order valence-electron chi connectivity index (χ1n) is 4.46. The van der Waals surface area contributed by atoms with Crippen molar-refractivity contribution in [2.24, 2.45) is 0 Å². The third-order valence-corrected chi connectivity index (χ3v) is 3.19. The van der Waals surface area contributed by atoms with E-state index in [9.17, 15) is 14.9 Å². The summed E-state index contributed by atoms with van der Waals surface area (Å²) < 4.78 is 0.756. The second-order valence-corrected chi connectivity index (χ2v) is 4.26. The number of nitro groups is 1. The number of aryl methyl sites for hydroxylation is 1. The highest BCUT2D eigenvalue weighted by Gasteiger charge is 2.15. The van der Waals surface area contributed by atoms with Gasteiger partial charge in [-0.05, 0) is 24.6 Å². The van der Waals surface area contributed by atoms with Crippen LogP contribution in [0.4, 0.5) is 5.69 Å². The second kappa shape index (κ2) is 3.71. The lowest BCUT2D eigenvalue weighted by Gasteiger charge is -2.01. The lowest BCUT2D eigenvalue weighted by atomic mass is 10.1. The molecule has 0 aliphatic heterocycles. The number of hydrogen-bond donors (Lipinski definition) is 1. The SMILES string of the molecule is Cc1cc2[nH]cc([N+](=O)[O-])c(=O)c2cc1Br.